The Balaban J connectivity index is 2.76. The molecule has 0 bridgehead atoms. The lowest BCUT2D eigenvalue weighted by Gasteiger charge is -2.09. The summed E-state index contributed by atoms with van der Waals surface area (Å²) in [5, 5.41) is 0.626. The minimum atomic E-state index is 0.331. The summed E-state index contributed by atoms with van der Waals surface area (Å²) in [7, 11) is 0. The van der Waals surface area contributed by atoms with Crippen LogP contribution >= 0.6 is 11.6 Å². The number of benzene rings is 1. The molecule has 0 aliphatic carbocycles. The van der Waals surface area contributed by atoms with Gasteiger partial charge >= 0.3 is 0 Å². The summed E-state index contributed by atoms with van der Waals surface area (Å²) in [6.45, 7) is 5.82. The largest absolute Gasteiger partial charge is 0.489 e. The van der Waals surface area contributed by atoms with Crippen LogP contribution in [0.15, 0.2) is 59.7 Å². The highest BCUT2D eigenvalue weighted by molar-refractivity contribution is 6.32. The molecule has 0 heterocycles. The molecule has 0 N–H and O–H groups in total. The summed E-state index contributed by atoms with van der Waals surface area (Å²) < 4.78 is 5.59. The van der Waals surface area contributed by atoms with Gasteiger partial charge in [0.25, 0.3) is 0 Å². The second kappa shape index (κ2) is 7.51. The molecule has 18 heavy (non-hydrogen) atoms. The molecule has 0 radical (unpaired) electrons. The van der Waals surface area contributed by atoms with E-state index >= 15 is 0 Å². The van der Waals surface area contributed by atoms with Crippen LogP contribution in [-0.4, -0.2) is 12.9 Å². The highest BCUT2D eigenvalue weighted by Crippen LogP contribution is 2.18. The summed E-state index contributed by atoms with van der Waals surface area (Å²) >= 11 is 6.04. The molecule has 0 saturated carbocycles. The number of allylic oxidation sites excluding steroid dienone is 3. The van der Waals surface area contributed by atoms with Crippen LogP contribution < -0.4 is 4.74 Å². The lowest BCUT2D eigenvalue weighted by Crippen LogP contribution is -2.02. The van der Waals surface area contributed by atoms with Crippen molar-refractivity contribution >= 4 is 17.9 Å². The van der Waals surface area contributed by atoms with Crippen molar-refractivity contribution in [3.05, 3.63) is 65.2 Å². The maximum Gasteiger partial charge on any atom is 0.150 e. The molecule has 0 saturated heterocycles. The summed E-state index contributed by atoms with van der Waals surface area (Å²) in [6.07, 6.45) is 6.03. The van der Waals surface area contributed by atoms with E-state index in [1.807, 2.05) is 6.92 Å². The van der Waals surface area contributed by atoms with Crippen LogP contribution in [0.1, 0.15) is 17.3 Å². The van der Waals surface area contributed by atoms with Crippen molar-refractivity contribution in [2.75, 3.05) is 6.61 Å². The maximum absolute atomic E-state index is 10.6. The van der Waals surface area contributed by atoms with Crippen molar-refractivity contribution < 1.29 is 9.53 Å². The van der Waals surface area contributed by atoms with E-state index < -0.39 is 0 Å². The third-order valence-corrected chi connectivity index (χ3v) is 2.73. The minimum Gasteiger partial charge on any atom is -0.489 e. The molecule has 0 atom stereocenters. The van der Waals surface area contributed by atoms with E-state index in [-0.39, 0.29) is 0 Å². The molecule has 0 unspecified atom stereocenters. The number of aldehydes is 1. The molecule has 3 heteroatoms. The zero-order chi connectivity index (χ0) is 13.4. The first-order valence-electron chi connectivity index (χ1n) is 5.53. The third-order valence-electron chi connectivity index (χ3n) is 2.27. The molecule has 1 rings (SSSR count). The van der Waals surface area contributed by atoms with E-state index in [0.29, 0.717) is 23.0 Å². The molecule has 0 amide bonds. The number of carbonyl (C=O) groups is 1. The number of rotatable bonds is 6. The number of halogens is 1. The van der Waals surface area contributed by atoms with Gasteiger partial charge in [0, 0.05) is 16.2 Å². The maximum atomic E-state index is 10.6. The Hall–Kier alpha value is -1.80. The quantitative estimate of drug-likeness (QED) is 0.569. The van der Waals surface area contributed by atoms with Gasteiger partial charge in [-0.2, -0.15) is 0 Å². The van der Waals surface area contributed by atoms with E-state index in [1.165, 1.54) is 0 Å². The fraction of sp³-hybridized carbons (Fsp3) is 0.133. The molecule has 0 spiro atoms. The van der Waals surface area contributed by atoms with Gasteiger partial charge in [-0.15, -0.1) is 0 Å². The first kappa shape index (κ1) is 14.3. The summed E-state index contributed by atoms with van der Waals surface area (Å²) in [6, 6.07) is 6.97. The van der Waals surface area contributed by atoms with Gasteiger partial charge in [0.2, 0.25) is 0 Å². The van der Waals surface area contributed by atoms with Gasteiger partial charge in [-0.3, -0.25) is 4.79 Å². The fourth-order valence-electron chi connectivity index (χ4n) is 1.36. The zero-order valence-corrected chi connectivity index (χ0v) is 11.0. The lowest BCUT2D eigenvalue weighted by atomic mass is 10.2. The zero-order valence-electron chi connectivity index (χ0n) is 10.2. The Labute approximate surface area is 112 Å². The molecular weight excluding hydrogens is 248 g/mol. The lowest BCUT2D eigenvalue weighted by molar-refractivity contribution is 0.112. The van der Waals surface area contributed by atoms with Crippen LogP contribution in [0.25, 0.3) is 0 Å². The first-order valence-corrected chi connectivity index (χ1v) is 5.91. The topological polar surface area (TPSA) is 26.3 Å². The predicted octanol–water partition coefficient (Wildman–Crippen LogP) is 4.13. The van der Waals surface area contributed by atoms with Crippen molar-refractivity contribution in [2.24, 2.45) is 0 Å². The second-order valence-corrected chi connectivity index (χ2v) is 3.95. The Morgan fingerprint density at radius 3 is 2.89 bits per heavy atom. The number of ether oxygens (including phenoxy) is 1. The predicted molar refractivity (Wildman–Crippen MR) is 75.2 cm³/mol. The highest BCUT2D eigenvalue weighted by Gasteiger charge is 2.03. The van der Waals surface area contributed by atoms with E-state index in [9.17, 15) is 4.79 Å². The van der Waals surface area contributed by atoms with Gasteiger partial charge in [-0.25, -0.2) is 0 Å². The van der Waals surface area contributed by atoms with Crippen LogP contribution in [-0.2, 0) is 0 Å². The Kier molecular flexibility index (Phi) is 5.95. The molecule has 0 fully saturated rings. The number of carbonyl (C=O) groups excluding carboxylic acids is 1. The molecule has 0 aliphatic rings. The average Bonchev–Trinajstić information content (AvgIpc) is 2.42. The van der Waals surface area contributed by atoms with E-state index in [0.717, 1.165) is 11.9 Å². The van der Waals surface area contributed by atoms with Crippen molar-refractivity contribution in [2.45, 2.75) is 6.92 Å². The van der Waals surface area contributed by atoms with Crippen LogP contribution in [0.5, 0.6) is 5.75 Å². The van der Waals surface area contributed by atoms with Crippen LogP contribution in [0.2, 0.25) is 0 Å². The van der Waals surface area contributed by atoms with Gasteiger partial charge in [0.05, 0.1) is 0 Å². The van der Waals surface area contributed by atoms with Crippen molar-refractivity contribution in [3.63, 3.8) is 0 Å². The first-order chi connectivity index (χ1) is 8.71. The minimum absolute atomic E-state index is 0.331. The SMILES string of the molecule is C=C/C=C(COc1cccc(C=O)c1)\C(Cl)=C/C. The number of hydrogen-bond acceptors (Lipinski definition) is 2. The third kappa shape index (κ3) is 4.22. The fourth-order valence-corrected chi connectivity index (χ4v) is 1.48. The van der Waals surface area contributed by atoms with Crippen LogP contribution in [0, 0.1) is 0 Å². The van der Waals surface area contributed by atoms with Gasteiger partial charge in [0.15, 0.2) is 0 Å². The molecule has 0 aromatic heterocycles. The second-order valence-electron chi connectivity index (χ2n) is 3.54. The van der Waals surface area contributed by atoms with Crippen LogP contribution in [0.3, 0.4) is 0 Å². The standard InChI is InChI=1S/C15H15ClO2/c1-3-6-13(15(16)4-2)11-18-14-8-5-7-12(9-14)10-17/h3-10H,1,11H2,2H3/b13-6-,15-4+. The van der Waals surface area contributed by atoms with E-state index in [1.54, 1.807) is 42.5 Å². The Morgan fingerprint density at radius 2 is 2.28 bits per heavy atom. The van der Waals surface area contributed by atoms with E-state index in [4.69, 9.17) is 16.3 Å². The monoisotopic (exact) mass is 262 g/mol. The smallest absolute Gasteiger partial charge is 0.150 e. The molecule has 0 aliphatic heterocycles. The highest BCUT2D eigenvalue weighted by atomic mass is 35.5. The van der Waals surface area contributed by atoms with Gasteiger partial charge < -0.3 is 4.74 Å². The molecule has 1 aromatic rings. The van der Waals surface area contributed by atoms with Gasteiger partial charge in [-0.1, -0.05) is 48.5 Å². The van der Waals surface area contributed by atoms with Crippen molar-refractivity contribution in [1.82, 2.24) is 0 Å². The number of hydrogen-bond donors (Lipinski definition) is 0. The summed E-state index contributed by atoms with van der Waals surface area (Å²) in [5.74, 6) is 0.634. The van der Waals surface area contributed by atoms with Crippen molar-refractivity contribution in [1.29, 1.82) is 0 Å². The molecular formula is C15H15ClO2. The molecule has 94 valence electrons. The summed E-state index contributed by atoms with van der Waals surface area (Å²) in [5.41, 5.74) is 1.42. The van der Waals surface area contributed by atoms with Gasteiger partial charge in [0.1, 0.15) is 18.6 Å². The van der Waals surface area contributed by atoms with Crippen molar-refractivity contribution in [3.8, 4) is 5.75 Å². The van der Waals surface area contributed by atoms with Gasteiger partial charge in [-0.05, 0) is 19.1 Å². The molecule has 1 aromatic carbocycles. The normalized spacial score (nSPS) is 12.1. The Bertz CT molecular complexity index is 487. The summed E-state index contributed by atoms with van der Waals surface area (Å²) in [4.78, 5) is 10.6. The average molecular weight is 263 g/mol. The van der Waals surface area contributed by atoms with Crippen LogP contribution in [0.4, 0.5) is 0 Å². The Morgan fingerprint density at radius 1 is 1.50 bits per heavy atom. The van der Waals surface area contributed by atoms with E-state index in [2.05, 4.69) is 6.58 Å². The molecule has 2 nitrogen and oxygen atoms in total.